The first kappa shape index (κ1) is 21.7. The maximum atomic E-state index is 12.4. The Kier molecular flexibility index (Phi) is 8.10. The molecule has 11 heteroatoms. The Labute approximate surface area is 153 Å². The van der Waals surface area contributed by atoms with E-state index in [2.05, 4.69) is 10.3 Å². The maximum absolute atomic E-state index is 12.4. The Morgan fingerprint density at radius 1 is 1.36 bits per heavy atom. The average Bonchev–Trinajstić information content (AvgIpc) is 3.00. The van der Waals surface area contributed by atoms with Crippen LogP contribution in [0.2, 0.25) is 0 Å². The highest BCUT2D eigenvalue weighted by atomic mass is 35.5. The third-order valence-corrected chi connectivity index (χ3v) is 4.75. The number of thiazole rings is 1. The largest absolute Gasteiger partial charge is 0.471 e. The second-order valence-corrected chi connectivity index (χ2v) is 6.55. The van der Waals surface area contributed by atoms with Crippen LogP contribution in [0, 0.1) is 5.92 Å². The molecule has 2 rings (SSSR count). The van der Waals surface area contributed by atoms with E-state index in [4.69, 9.17) is 5.73 Å². The van der Waals surface area contributed by atoms with Crippen LogP contribution in [0.1, 0.15) is 28.3 Å². The van der Waals surface area contributed by atoms with Gasteiger partial charge >= 0.3 is 12.1 Å². The molecule has 3 N–H and O–H groups in total. The number of hydrogen-bond donors (Lipinski definition) is 2. The van der Waals surface area contributed by atoms with Crippen molar-refractivity contribution in [2.75, 3.05) is 26.2 Å². The molecule has 1 fully saturated rings. The monoisotopic (exact) mass is 400 g/mol. The molecule has 0 radical (unpaired) electrons. The summed E-state index contributed by atoms with van der Waals surface area (Å²) < 4.78 is 37.1. The van der Waals surface area contributed by atoms with Gasteiger partial charge in [-0.3, -0.25) is 9.59 Å². The highest BCUT2D eigenvalue weighted by Crippen LogP contribution is 2.23. The summed E-state index contributed by atoms with van der Waals surface area (Å²) in [7, 11) is 0. The first-order valence-corrected chi connectivity index (χ1v) is 8.48. The number of nitrogens with one attached hydrogen (secondary N) is 1. The number of hydrogen-bond acceptors (Lipinski definition) is 5. The van der Waals surface area contributed by atoms with Gasteiger partial charge in [0.2, 0.25) is 0 Å². The predicted octanol–water partition coefficient (Wildman–Crippen LogP) is 1.60. The van der Waals surface area contributed by atoms with Crippen molar-refractivity contribution in [1.29, 1.82) is 0 Å². The molecule has 0 bridgehead atoms. The van der Waals surface area contributed by atoms with Gasteiger partial charge in [0.05, 0.1) is 5.01 Å². The van der Waals surface area contributed by atoms with Crippen molar-refractivity contribution in [3.8, 4) is 0 Å². The first-order valence-electron chi connectivity index (χ1n) is 7.60. The predicted molar refractivity (Wildman–Crippen MR) is 89.8 cm³/mol. The molecule has 1 aromatic rings. The summed E-state index contributed by atoms with van der Waals surface area (Å²) in [5.41, 5.74) is 5.76. The number of rotatable bonds is 5. The fourth-order valence-corrected chi connectivity index (χ4v) is 3.29. The number of nitrogens with two attached hydrogens (primary N) is 1. The minimum absolute atomic E-state index is 0. The van der Waals surface area contributed by atoms with E-state index >= 15 is 0 Å². The Morgan fingerprint density at radius 2 is 2.00 bits per heavy atom. The van der Waals surface area contributed by atoms with Gasteiger partial charge in [0, 0.05) is 31.4 Å². The molecule has 0 aliphatic carbocycles. The second-order valence-electron chi connectivity index (χ2n) is 5.61. The molecular weight excluding hydrogens is 381 g/mol. The average molecular weight is 401 g/mol. The summed E-state index contributed by atoms with van der Waals surface area (Å²) in [5, 5.41) is 5.20. The summed E-state index contributed by atoms with van der Waals surface area (Å²) in [6, 6.07) is 0. The summed E-state index contributed by atoms with van der Waals surface area (Å²) >= 11 is 1.37. The van der Waals surface area contributed by atoms with E-state index in [-0.39, 0.29) is 37.3 Å². The lowest BCUT2D eigenvalue weighted by atomic mass is 9.96. The third-order valence-electron chi connectivity index (χ3n) is 3.84. The maximum Gasteiger partial charge on any atom is 0.471 e. The lowest BCUT2D eigenvalue weighted by molar-refractivity contribution is -0.186. The second kappa shape index (κ2) is 9.35. The topological polar surface area (TPSA) is 88.3 Å². The Bertz CT molecular complexity index is 589. The number of carbonyl (C=O) groups excluding carboxylic acids is 2. The molecular formula is C14H20ClF3N4O2S. The van der Waals surface area contributed by atoms with Gasteiger partial charge in [0.1, 0.15) is 5.69 Å². The molecule has 0 spiro atoms. The van der Waals surface area contributed by atoms with Crippen LogP contribution in [-0.2, 0) is 11.2 Å². The molecule has 0 unspecified atom stereocenters. The minimum Gasteiger partial charge on any atom is -0.350 e. The van der Waals surface area contributed by atoms with Gasteiger partial charge < -0.3 is 16.0 Å². The van der Waals surface area contributed by atoms with Gasteiger partial charge in [0.15, 0.2) is 0 Å². The first-order chi connectivity index (χ1) is 11.3. The van der Waals surface area contributed by atoms with E-state index in [1.807, 2.05) is 0 Å². The molecule has 2 heterocycles. The van der Waals surface area contributed by atoms with Gasteiger partial charge in [0.25, 0.3) is 5.91 Å². The highest BCUT2D eigenvalue weighted by molar-refractivity contribution is 7.09. The zero-order valence-corrected chi connectivity index (χ0v) is 15.0. The Balaban J connectivity index is 0.00000312. The molecule has 1 saturated heterocycles. The number of aromatic nitrogens is 1. The minimum atomic E-state index is -4.83. The van der Waals surface area contributed by atoms with Gasteiger partial charge in [-0.1, -0.05) is 0 Å². The van der Waals surface area contributed by atoms with Gasteiger partial charge in [-0.15, -0.1) is 23.7 Å². The molecule has 1 aromatic heterocycles. The molecule has 0 atom stereocenters. The number of halogens is 4. The number of amides is 2. The molecule has 142 valence electrons. The van der Waals surface area contributed by atoms with Crippen LogP contribution in [-0.4, -0.2) is 54.1 Å². The van der Waals surface area contributed by atoms with Crippen molar-refractivity contribution in [2.45, 2.75) is 25.4 Å². The van der Waals surface area contributed by atoms with Crippen LogP contribution in [0.4, 0.5) is 13.2 Å². The number of nitrogens with zero attached hydrogens (tertiary/aromatic N) is 2. The summed E-state index contributed by atoms with van der Waals surface area (Å²) in [6.07, 6.45) is -3.36. The standard InChI is InChI=1S/C14H19F3N4O2S.ClH/c15-14(16,17)13(23)21-5-2-9(3-6-21)7-19-12(22)10-8-24-11(20-10)1-4-18;/h8-9H,1-7,18H2,(H,19,22);1H. The van der Waals surface area contributed by atoms with Crippen molar-refractivity contribution in [3.05, 3.63) is 16.1 Å². The molecule has 25 heavy (non-hydrogen) atoms. The lowest BCUT2D eigenvalue weighted by Crippen LogP contribution is -2.46. The van der Waals surface area contributed by atoms with E-state index in [1.165, 1.54) is 11.3 Å². The van der Waals surface area contributed by atoms with Crippen LogP contribution < -0.4 is 11.1 Å². The van der Waals surface area contributed by atoms with Crippen molar-refractivity contribution >= 4 is 35.6 Å². The SMILES string of the molecule is Cl.NCCc1nc(C(=O)NCC2CCN(C(=O)C(F)(F)F)CC2)cs1. The molecule has 1 aliphatic heterocycles. The smallest absolute Gasteiger partial charge is 0.350 e. The van der Waals surface area contributed by atoms with E-state index in [9.17, 15) is 22.8 Å². The van der Waals surface area contributed by atoms with Crippen molar-refractivity contribution < 1.29 is 22.8 Å². The quantitative estimate of drug-likeness (QED) is 0.785. The summed E-state index contributed by atoms with van der Waals surface area (Å²) in [6.45, 7) is 0.923. The number of piperidine rings is 1. The van der Waals surface area contributed by atoms with E-state index < -0.39 is 12.1 Å². The van der Waals surface area contributed by atoms with Crippen LogP contribution in [0.15, 0.2) is 5.38 Å². The Morgan fingerprint density at radius 3 is 2.56 bits per heavy atom. The number of alkyl halides is 3. The van der Waals surface area contributed by atoms with Crippen molar-refractivity contribution in [2.24, 2.45) is 11.7 Å². The third kappa shape index (κ3) is 6.12. The van der Waals surface area contributed by atoms with Crippen LogP contribution in [0.3, 0.4) is 0 Å². The molecule has 0 saturated carbocycles. The summed E-state index contributed by atoms with van der Waals surface area (Å²) in [4.78, 5) is 28.1. The Hall–Kier alpha value is -1.39. The van der Waals surface area contributed by atoms with Crippen LogP contribution in [0.5, 0.6) is 0 Å². The van der Waals surface area contributed by atoms with E-state index in [1.54, 1.807) is 5.38 Å². The normalized spacial score (nSPS) is 15.6. The summed E-state index contributed by atoms with van der Waals surface area (Å²) in [5.74, 6) is -2.04. The molecule has 6 nitrogen and oxygen atoms in total. The molecule has 0 aromatic carbocycles. The van der Waals surface area contributed by atoms with Gasteiger partial charge in [-0.25, -0.2) is 4.98 Å². The van der Waals surface area contributed by atoms with Crippen LogP contribution in [0.25, 0.3) is 0 Å². The zero-order chi connectivity index (χ0) is 17.7. The fraction of sp³-hybridized carbons (Fsp3) is 0.643. The zero-order valence-electron chi connectivity index (χ0n) is 13.3. The van der Waals surface area contributed by atoms with E-state index in [0.717, 1.165) is 9.91 Å². The molecule has 2 amide bonds. The van der Waals surface area contributed by atoms with Crippen molar-refractivity contribution in [1.82, 2.24) is 15.2 Å². The van der Waals surface area contributed by atoms with Crippen LogP contribution >= 0.6 is 23.7 Å². The number of carbonyl (C=O) groups is 2. The van der Waals surface area contributed by atoms with E-state index in [0.29, 0.717) is 38.0 Å². The van der Waals surface area contributed by atoms with Gasteiger partial charge in [-0.05, 0) is 25.3 Å². The lowest BCUT2D eigenvalue weighted by Gasteiger charge is -2.32. The van der Waals surface area contributed by atoms with Gasteiger partial charge in [-0.2, -0.15) is 13.2 Å². The number of likely N-dealkylation sites (tertiary alicyclic amines) is 1. The fourth-order valence-electron chi connectivity index (χ4n) is 2.50. The van der Waals surface area contributed by atoms with Crippen molar-refractivity contribution in [3.63, 3.8) is 0 Å². The molecule has 1 aliphatic rings. The highest BCUT2D eigenvalue weighted by Gasteiger charge is 2.43.